The van der Waals surface area contributed by atoms with E-state index in [9.17, 15) is 0 Å². The third kappa shape index (κ3) is 5.83. The summed E-state index contributed by atoms with van der Waals surface area (Å²) in [7, 11) is 0. The Morgan fingerprint density at radius 1 is 0.306 bits per heavy atom. The van der Waals surface area contributed by atoms with Crippen molar-refractivity contribution < 1.29 is 0 Å². The van der Waals surface area contributed by atoms with Crippen molar-refractivity contribution in [2.45, 2.75) is 0 Å². The molecule has 0 unspecified atom stereocenters. The zero-order chi connectivity index (χ0) is 41.0. The highest BCUT2D eigenvalue weighted by molar-refractivity contribution is 7.01. The Morgan fingerprint density at radius 3 is 1.39 bits per heavy atom. The van der Waals surface area contributed by atoms with E-state index >= 15 is 0 Å². The summed E-state index contributed by atoms with van der Waals surface area (Å²) in [6.45, 7) is -0.0597. The van der Waals surface area contributed by atoms with Gasteiger partial charge in [0.05, 0.1) is 5.69 Å². The van der Waals surface area contributed by atoms with Gasteiger partial charge in [-0.1, -0.05) is 170 Å². The summed E-state index contributed by atoms with van der Waals surface area (Å²) in [6.07, 6.45) is 0. The molecule has 3 nitrogen and oxygen atoms in total. The Morgan fingerprint density at radius 2 is 0.774 bits per heavy atom. The summed E-state index contributed by atoms with van der Waals surface area (Å²) < 4.78 is 0. The Bertz CT molecular complexity index is 3190. The summed E-state index contributed by atoms with van der Waals surface area (Å²) >= 11 is 0. The van der Waals surface area contributed by atoms with Gasteiger partial charge in [-0.3, -0.25) is 0 Å². The average molecular weight is 790 g/mol. The van der Waals surface area contributed by atoms with Gasteiger partial charge in [0, 0.05) is 50.9 Å². The predicted molar refractivity (Wildman–Crippen MR) is 264 cm³/mol. The molecule has 2 heterocycles. The molecule has 0 atom stereocenters. The minimum Gasteiger partial charge on any atom is -0.311 e. The highest BCUT2D eigenvalue weighted by Crippen LogP contribution is 2.48. The Hall–Kier alpha value is -8.08. The molecular weight excluding hydrogens is 749 g/mol. The summed E-state index contributed by atoms with van der Waals surface area (Å²) in [5.41, 5.74) is 19.0. The first kappa shape index (κ1) is 35.8. The molecular formula is C58H40BN3. The molecule has 0 saturated heterocycles. The van der Waals surface area contributed by atoms with E-state index in [1.165, 1.54) is 72.2 Å². The normalized spacial score (nSPS) is 12.4. The van der Waals surface area contributed by atoms with Crippen LogP contribution in [-0.2, 0) is 0 Å². The zero-order valence-electron chi connectivity index (χ0n) is 34.0. The highest BCUT2D eigenvalue weighted by atomic mass is 15.2. The second kappa shape index (κ2) is 14.9. The van der Waals surface area contributed by atoms with Crippen LogP contribution >= 0.6 is 0 Å². The maximum atomic E-state index is 2.51. The molecule has 10 aromatic carbocycles. The molecule has 0 aromatic heterocycles. The summed E-state index contributed by atoms with van der Waals surface area (Å²) in [4.78, 5) is 7.42. The van der Waals surface area contributed by atoms with E-state index in [0.29, 0.717) is 0 Å². The second-order valence-electron chi connectivity index (χ2n) is 16.1. The number of hydrogen-bond acceptors (Lipinski definition) is 3. The lowest BCUT2D eigenvalue weighted by Crippen LogP contribution is -2.61. The monoisotopic (exact) mass is 789 g/mol. The molecule has 2 aliphatic rings. The van der Waals surface area contributed by atoms with Crippen molar-refractivity contribution in [2.24, 2.45) is 0 Å². The van der Waals surface area contributed by atoms with Gasteiger partial charge >= 0.3 is 0 Å². The van der Waals surface area contributed by atoms with Gasteiger partial charge in [0.2, 0.25) is 0 Å². The molecule has 10 aromatic rings. The minimum atomic E-state index is -0.0597. The average Bonchev–Trinajstić information content (AvgIpc) is 3.35. The molecule has 290 valence electrons. The van der Waals surface area contributed by atoms with Crippen LogP contribution in [0.1, 0.15) is 0 Å². The fraction of sp³-hybridized carbons (Fsp3) is 0. The van der Waals surface area contributed by atoms with Gasteiger partial charge in [-0.05, 0) is 117 Å². The predicted octanol–water partition coefficient (Wildman–Crippen LogP) is 13.7. The molecule has 0 spiro atoms. The van der Waals surface area contributed by atoms with E-state index in [1.807, 2.05) is 0 Å². The third-order valence-corrected chi connectivity index (χ3v) is 12.6. The standard InChI is InChI=1S/C58H40BN3/c1-6-19-41(20-7-1)43-33-36-48(37-34-43)61-52-38-35-44(42-21-8-2-9-22-42)39-51(52)59-57-50-30-17-16-29-49(50)55(60(45-23-10-3-11-24-45)46-25-12-4-13-26-46)40-56(57)62(47-27-14-5-15-28-47)54-32-18-31-53(61)58(54)59/h1-40H. The minimum absolute atomic E-state index is 0.0597. The third-order valence-electron chi connectivity index (χ3n) is 12.6. The van der Waals surface area contributed by atoms with Crippen LogP contribution in [0.4, 0.5) is 51.2 Å². The molecule has 12 rings (SSSR count). The zero-order valence-corrected chi connectivity index (χ0v) is 34.0. The van der Waals surface area contributed by atoms with Crippen LogP contribution < -0.4 is 31.1 Å². The molecule has 0 radical (unpaired) electrons. The number of nitrogens with zero attached hydrogens (tertiary/aromatic N) is 3. The maximum Gasteiger partial charge on any atom is 0.252 e. The van der Waals surface area contributed by atoms with Gasteiger partial charge in [-0.2, -0.15) is 0 Å². The van der Waals surface area contributed by atoms with E-state index in [2.05, 4.69) is 257 Å². The van der Waals surface area contributed by atoms with Crippen molar-refractivity contribution in [3.63, 3.8) is 0 Å². The summed E-state index contributed by atoms with van der Waals surface area (Å²) in [6, 6.07) is 88.5. The Labute approximate surface area is 363 Å². The maximum absolute atomic E-state index is 2.51. The van der Waals surface area contributed by atoms with Crippen molar-refractivity contribution in [3.8, 4) is 22.3 Å². The molecule has 62 heavy (non-hydrogen) atoms. The van der Waals surface area contributed by atoms with E-state index in [1.54, 1.807) is 0 Å². The molecule has 0 saturated carbocycles. The topological polar surface area (TPSA) is 9.72 Å². The molecule has 2 aliphatic heterocycles. The number of anilines is 9. The molecule has 4 heteroatoms. The number of fused-ring (bicyclic) bond motifs is 6. The smallest absolute Gasteiger partial charge is 0.252 e. The number of benzene rings is 10. The molecule has 0 aliphatic carbocycles. The van der Waals surface area contributed by atoms with Crippen molar-refractivity contribution >= 4 is 85.1 Å². The first-order chi connectivity index (χ1) is 30.8. The van der Waals surface area contributed by atoms with Gasteiger partial charge < -0.3 is 14.7 Å². The van der Waals surface area contributed by atoms with Gasteiger partial charge in [0.15, 0.2) is 0 Å². The molecule has 0 N–H and O–H groups in total. The van der Waals surface area contributed by atoms with Crippen LogP contribution in [0.15, 0.2) is 243 Å². The fourth-order valence-corrected chi connectivity index (χ4v) is 9.93. The van der Waals surface area contributed by atoms with E-state index < -0.39 is 0 Å². The van der Waals surface area contributed by atoms with E-state index in [-0.39, 0.29) is 6.71 Å². The van der Waals surface area contributed by atoms with Crippen molar-refractivity contribution in [1.29, 1.82) is 0 Å². The van der Waals surface area contributed by atoms with Gasteiger partial charge in [-0.15, -0.1) is 0 Å². The summed E-state index contributed by atoms with van der Waals surface area (Å²) in [5.74, 6) is 0. The highest BCUT2D eigenvalue weighted by Gasteiger charge is 2.44. The molecule has 0 bridgehead atoms. The SMILES string of the molecule is c1ccc(-c2ccc(N3c4ccc(-c5ccccc5)cc4B4c5c3cccc5N(c3ccccc3)c3cc(N(c5ccccc5)c5ccccc5)c5ccccc5c34)cc2)cc1. The summed E-state index contributed by atoms with van der Waals surface area (Å²) in [5, 5.41) is 2.44. The van der Waals surface area contributed by atoms with E-state index in [0.717, 1.165) is 28.4 Å². The van der Waals surface area contributed by atoms with Crippen LogP contribution in [0.25, 0.3) is 33.0 Å². The second-order valence-corrected chi connectivity index (χ2v) is 16.1. The van der Waals surface area contributed by atoms with Crippen LogP contribution in [0, 0.1) is 0 Å². The number of rotatable bonds is 7. The lowest BCUT2D eigenvalue weighted by molar-refractivity contribution is 1.25. The number of para-hydroxylation sites is 3. The van der Waals surface area contributed by atoms with Crippen LogP contribution in [0.3, 0.4) is 0 Å². The van der Waals surface area contributed by atoms with E-state index in [4.69, 9.17) is 0 Å². The quantitative estimate of drug-likeness (QED) is 0.149. The lowest BCUT2D eigenvalue weighted by atomic mass is 9.32. The first-order valence-corrected chi connectivity index (χ1v) is 21.4. The van der Waals surface area contributed by atoms with Crippen molar-refractivity contribution in [1.82, 2.24) is 0 Å². The van der Waals surface area contributed by atoms with Gasteiger partial charge in [0.25, 0.3) is 6.71 Å². The van der Waals surface area contributed by atoms with Gasteiger partial charge in [-0.25, -0.2) is 0 Å². The Balaban J connectivity index is 1.17. The molecule has 0 amide bonds. The molecule has 0 fully saturated rings. The van der Waals surface area contributed by atoms with Crippen LogP contribution in [0.5, 0.6) is 0 Å². The lowest BCUT2D eigenvalue weighted by Gasteiger charge is -2.45. The number of hydrogen-bond donors (Lipinski definition) is 0. The van der Waals surface area contributed by atoms with Crippen molar-refractivity contribution in [2.75, 3.05) is 14.7 Å². The Kier molecular flexibility index (Phi) is 8.60. The van der Waals surface area contributed by atoms with Crippen LogP contribution in [-0.4, -0.2) is 6.71 Å². The largest absolute Gasteiger partial charge is 0.311 e. The van der Waals surface area contributed by atoms with Crippen LogP contribution in [0.2, 0.25) is 0 Å². The van der Waals surface area contributed by atoms with Crippen molar-refractivity contribution in [3.05, 3.63) is 243 Å². The first-order valence-electron chi connectivity index (χ1n) is 21.4. The fourth-order valence-electron chi connectivity index (χ4n) is 9.93. The van der Waals surface area contributed by atoms with Gasteiger partial charge in [0.1, 0.15) is 0 Å².